The second kappa shape index (κ2) is 11.4. The van der Waals surface area contributed by atoms with Gasteiger partial charge in [0.15, 0.2) is 11.8 Å². The van der Waals surface area contributed by atoms with Gasteiger partial charge >= 0.3 is 0 Å². The van der Waals surface area contributed by atoms with Crippen LogP contribution < -0.4 is 10.6 Å². The molecule has 8 nitrogen and oxygen atoms in total. The first-order valence-corrected chi connectivity index (χ1v) is 11.4. The normalized spacial score (nSPS) is 15.6. The molecule has 1 aliphatic rings. The van der Waals surface area contributed by atoms with Gasteiger partial charge in [0.1, 0.15) is 5.69 Å². The molecule has 4 rings (SSSR count). The molecule has 1 aliphatic heterocycles. The molecule has 2 aromatic heterocycles. The van der Waals surface area contributed by atoms with Crippen LogP contribution in [0.25, 0.3) is 11.6 Å². The van der Waals surface area contributed by atoms with E-state index in [4.69, 9.17) is 9.52 Å². The molecule has 0 atom stereocenters. The van der Waals surface area contributed by atoms with Gasteiger partial charge in [0, 0.05) is 51.4 Å². The Morgan fingerprint density at radius 1 is 1.12 bits per heavy atom. The van der Waals surface area contributed by atoms with Gasteiger partial charge in [-0.3, -0.25) is 14.9 Å². The number of aromatic nitrogens is 3. The highest BCUT2D eigenvalue weighted by Crippen LogP contribution is 2.15. The predicted octanol–water partition coefficient (Wildman–Crippen LogP) is 2.89. The molecule has 1 aromatic carbocycles. The summed E-state index contributed by atoms with van der Waals surface area (Å²) in [5.41, 5.74) is 2.06. The molecule has 8 heteroatoms. The molecular formula is C24H31N7O. The first kappa shape index (κ1) is 22.0. The summed E-state index contributed by atoms with van der Waals surface area (Å²) in [7, 11) is 0. The fourth-order valence-electron chi connectivity index (χ4n) is 3.81. The Morgan fingerprint density at radius 3 is 2.69 bits per heavy atom. The summed E-state index contributed by atoms with van der Waals surface area (Å²) in [6.45, 7) is 6.69. The summed E-state index contributed by atoms with van der Waals surface area (Å²) < 4.78 is 5.32. The van der Waals surface area contributed by atoms with Gasteiger partial charge in [-0.15, -0.1) is 0 Å². The highest BCUT2D eigenvalue weighted by atomic mass is 16.5. The number of pyridine rings is 1. The largest absolute Gasteiger partial charge is 0.357 e. The fourth-order valence-corrected chi connectivity index (χ4v) is 3.81. The van der Waals surface area contributed by atoms with Gasteiger partial charge in [-0.2, -0.15) is 4.98 Å². The third-order valence-electron chi connectivity index (χ3n) is 5.48. The van der Waals surface area contributed by atoms with Crippen molar-refractivity contribution in [2.45, 2.75) is 38.8 Å². The van der Waals surface area contributed by atoms with Gasteiger partial charge in [0.2, 0.25) is 0 Å². The summed E-state index contributed by atoms with van der Waals surface area (Å²) in [6.07, 6.45) is 4.54. The molecule has 0 radical (unpaired) electrons. The van der Waals surface area contributed by atoms with Crippen LogP contribution in [0.5, 0.6) is 0 Å². The molecule has 1 fully saturated rings. The van der Waals surface area contributed by atoms with Crippen molar-refractivity contribution in [2.75, 3.05) is 26.2 Å². The number of guanidine groups is 1. The number of nitrogens with one attached hydrogen (secondary N) is 2. The standard InChI is InChI=1S/C24H31N7O/c1-2-25-24(27-15-11-22-29-23(32-30-22)21-10-6-7-14-26-21)28-20-12-16-31(17-13-20)18-19-8-4-3-5-9-19/h3-10,14,20H,2,11-13,15-18H2,1H3,(H2,25,27,28). The summed E-state index contributed by atoms with van der Waals surface area (Å²) >= 11 is 0. The zero-order valence-electron chi connectivity index (χ0n) is 18.6. The molecule has 1 saturated heterocycles. The summed E-state index contributed by atoms with van der Waals surface area (Å²) in [5, 5.41) is 11.0. The smallest absolute Gasteiger partial charge is 0.276 e. The van der Waals surface area contributed by atoms with Gasteiger partial charge in [-0.05, 0) is 37.5 Å². The minimum Gasteiger partial charge on any atom is -0.357 e. The molecule has 3 aromatic rings. The molecule has 0 unspecified atom stereocenters. The number of hydrogen-bond acceptors (Lipinski definition) is 6. The Labute approximate surface area is 189 Å². The SMILES string of the molecule is CCNC(=NCCc1noc(-c2ccccn2)n1)NC1CCN(Cc2ccccc2)CC1. The Balaban J connectivity index is 1.24. The van der Waals surface area contributed by atoms with E-state index in [2.05, 4.69) is 67.9 Å². The van der Waals surface area contributed by atoms with Gasteiger partial charge in [-0.1, -0.05) is 41.6 Å². The summed E-state index contributed by atoms with van der Waals surface area (Å²) in [5.74, 6) is 1.93. The Kier molecular flexibility index (Phi) is 7.81. The molecule has 168 valence electrons. The van der Waals surface area contributed by atoms with Crippen LogP contribution in [-0.4, -0.2) is 58.2 Å². The average Bonchev–Trinajstić information content (AvgIpc) is 3.31. The van der Waals surface area contributed by atoms with E-state index in [1.54, 1.807) is 6.20 Å². The molecular weight excluding hydrogens is 402 g/mol. The van der Waals surface area contributed by atoms with Crippen LogP contribution in [0.15, 0.2) is 64.2 Å². The van der Waals surface area contributed by atoms with Crippen LogP contribution in [0.4, 0.5) is 0 Å². The first-order chi connectivity index (χ1) is 15.8. The third kappa shape index (κ3) is 6.37. The lowest BCUT2D eigenvalue weighted by atomic mass is 10.0. The fraction of sp³-hybridized carbons (Fsp3) is 0.417. The highest BCUT2D eigenvalue weighted by molar-refractivity contribution is 5.80. The zero-order valence-corrected chi connectivity index (χ0v) is 18.6. The molecule has 0 saturated carbocycles. The maximum Gasteiger partial charge on any atom is 0.276 e. The van der Waals surface area contributed by atoms with E-state index in [-0.39, 0.29) is 0 Å². The Morgan fingerprint density at radius 2 is 1.94 bits per heavy atom. The minimum atomic E-state index is 0.431. The number of piperidine rings is 1. The van der Waals surface area contributed by atoms with Crippen LogP contribution in [0.3, 0.4) is 0 Å². The number of likely N-dealkylation sites (tertiary alicyclic amines) is 1. The number of nitrogens with zero attached hydrogens (tertiary/aromatic N) is 5. The van der Waals surface area contributed by atoms with Gasteiger partial charge in [0.25, 0.3) is 5.89 Å². The Bertz CT molecular complexity index is 966. The van der Waals surface area contributed by atoms with Gasteiger partial charge in [-0.25, -0.2) is 0 Å². The van der Waals surface area contributed by atoms with E-state index in [9.17, 15) is 0 Å². The molecule has 3 heterocycles. The predicted molar refractivity (Wildman–Crippen MR) is 125 cm³/mol. The lowest BCUT2D eigenvalue weighted by Gasteiger charge is -2.33. The number of aliphatic imine (C=N–C) groups is 1. The molecule has 0 aliphatic carbocycles. The molecule has 0 spiro atoms. The van der Waals surface area contributed by atoms with E-state index in [1.165, 1.54) is 5.56 Å². The average molecular weight is 434 g/mol. The zero-order chi connectivity index (χ0) is 22.0. The van der Waals surface area contributed by atoms with E-state index >= 15 is 0 Å². The van der Waals surface area contributed by atoms with Gasteiger partial charge in [0.05, 0.1) is 0 Å². The van der Waals surface area contributed by atoms with Crippen molar-refractivity contribution >= 4 is 5.96 Å². The summed E-state index contributed by atoms with van der Waals surface area (Å²) in [6, 6.07) is 16.7. The van der Waals surface area contributed by atoms with E-state index < -0.39 is 0 Å². The quantitative estimate of drug-likeness (QED) is 0.417. The molecule has 32 heavy (non-hydrogen) atoms. The van der Waals surface area contributed by atoms with Crippen LogP contribution in [0.2, 0.25) is 0 Å². The lowest BCUT2D eigenvalue weighted by Crippen LogP contribution is -2.48. The molecule has 2 N–H and O–H groups in total. The minimum absolute atomic E-state index is 0.431. The van der Waals surface area contributed by atoms with Crippen molar-refractivity contribution in [3.05, 3.63) is 66.1 Å². The number of benzene rings is 1. The van der Waals surface area contributed by atoms with Crippen LogP contribution in [0, 0.1) is 0 Å². The van der Waals surface area contributed by atoms with E-state index in [1.807, 2.05) is 18.2 Å². The number of hydrogen-bond donors (Lipinski definition) is 2. The monoisotopic (exact) mass is 433 g/mol. The topological polar surface area (TPSA) is 91.5 Å². The van der Waals surface area contributed by atoms with Crippen molar-refractivity contribution in [2.24, 2.45) is 4.99 Å². The second-order valence-electron chi connectivity index (χ2n) is 7.92. The Hall–Kier alpha value is -3.26. The van der Waals surface area contributed by atoms with Crippen LogP contribution >= 0.6 is 0 Å². The third-order valence-corrected chi connectivity index (χ3v) is 5.48. The highest BCUT2D eigenvalue weighted by Gasteiger charge is 2.20. The maximum absolute atomic E-state index is 5.32. The van der Waals surface area contributed by atoms with Crippen LogP contribution in [0.1, 0.15) is 31.2 Å². The van der Waals surface area contributed by atoms with Gasteiger partial charge < -0.3 is 15.2 Å². The van der Waals surface area contributed by atoms with Crippen molar-refractivity contribution in [1.29, 1.82) is 0 Å². The van der Waals surface area contributed by atoms with Crippen molar-refractivity contribution in [1.82, 2.24) is 30.7 Å². The van der Waals surface area contributed by atoms with E-state index in [0.717, 1.165) is 45.0 Å². The summed E-state index contributed by atoms with van der Waals surface area (Å²) in [4.78, 5) is 15.9. The molecule has 0 amide bonds. The van der Waals surface area contributed by atoms with E-state index in [0.29, 0.717) is 36.4 Å². The lowest BCUT2D eigenvalue weighted by molar-refractivity contribution is 0.198. The second-order valence-corrected chi connectivity index (χ2v) is 7.92. The van der Waals surface area contributed by atoms with Crippen molar-refractivity contribution < 1.29 is 4.52 Å². The number of rotatable bonds is 8. The maximum atomic E-state index is 5.32. The molecule has 0 bridgehead atoms. The van der Waals surface area contributed by atoms with Crippen molar-refractivity contribution in [3.63, 3.8) is 0 Å². The van der Waals surface area contributed by atoms with Crippen molar-refractivity contribution in [3.8, 4) is 11.6 Å². The van der Waals surface area contributed by atoms with Crippen LogP contribution in [-0.2, 0) is 13.0 Å². The first-order valence-electron chi connectivity index (χ1n) is 11.4.